The van der Waals surface area contributed by atoms with E-state index in [0.717, 1.165) is 34.2 Å². The normalized spacial score (nSPS) is 11.2. The third kappa shape index (κ3) is 2.97. The van der Waals surface area contributed by atoms with Gasteiger partial charge in [-0.15, -0.1) is 0 Å². The van der Waals surface area contributed by atoms with Crippen LogP contribution in [0.15, 0.2) is 69.9 Å². The number of hydrogen-bond acceptors (Lipinski definition) is 3. The van der Waals surface area contributed by atoms with E-state index in [0.29, 0.717) is 12.2 Å². The van der Waals surface area contributed by atoms with Gasteiger partial charge in [-0.05, 0) is 53.4 Å². The molecule has 0 aliphatic heterocycles. The summed E-state index contributed by atoms with van der Waals surface area (Å²) in [6, 6.07) is 20.1. The Balaban J connectivity index is 1.66. The molecule has 1 aromatic heterocycles. The zero-order chi connectivity index (χ0) is 18.1. The fourth-order valence-electron chi connectivity index (χ4n) is 3.35. The maximum absolute atomic E-state index is 11.8. The first-order valence-corrected chi connectivity index (χ1v) is 8.82. The largest absolute Gasteiger partial charge is 0.488 e. The first-order chi connectivity index (χ1) is 12.7. The van der Waals surface area contributed by atoms with Crippen molar-refractivity contribution in [2.75, 3.05) is 0 Å². The van der Waals surface area contributed by atoms with Gasteiger partial charge in [-0.25, -0.2) is 4.79 Å². The molecule has 0 fully saturated rings. The average molecular weight is 344 g/mol. The number of hydrogen-bond donors (Lipinski definition) is 0. The SMILES string of the molecule is CCc1cc(=O)oc2c(C)c(OCc3ccc4ccccc4c3)ccc12. The van der Waals surface area contributed by atoms with E-state index in [1.54, 1.807) is 6.07 Å². The van der Waals surface area contributed by atoms with Gasteiger partial charge in [-0.3, -0.25) is 0 Å². The van der Waals surface area contributed by atoms with E-state index in [2.05, 4.69) is 30.3 Å². The standard InChI is InChI=1S/C23H20O3/c1-3-17-13-22(24)26-23-15(2)21(11-10-20(17)23)25-14-16-8-9-18-6-4-5-7-19(18)12-16/h4-13H,3,14H2,1-2H3. The summed E-state index contributed by atoms with van der Waals surface area (Å²) in [5, 5.41) is 3.39. The molecule has 26 heavy (non-hydrogen) atoms. The highest BCUT2D eigenvalue weighted by molar-refractivity contribution is 5.85. The fourth-order valence-corrected chi connectivity index (χ4v) is 3.35. The maximum Gasteiger partial charge on any atom is 0.336 e. The summed E-state index contributed by atoms with van der Waals surface area (Å²) in [5.74, 6) is 0.738. The highest BCUT2D eigenvalue weighted by Crippen LogP contribution is 2.29. The first kappa shape index (κ1) is 16.4. The molecule has 0 unspecified atom stereocenters. The van der Waals surface area contributed by atoms with E-state index in [4.69, 9.17) is 9.15 Å². The van der Waals surface area contributed by atoms with Crippen molar-refractivity contribution in [1.82, 2.24) is 0 Å². The Labute approximate surface area is 151 Å². The van der Waals surface area contributed by atoms with Crippen molar-refractivity contribution in [3.8, 4) is 5.75 Å². The molecular weight excluding hydrogens is 324 g/mol. The molecule has 0 radical (unpaired) electrons. The van der Waals surface area contributed by atoms with Crippen molar-refractivity contribution < 1.29 is 9.15 Å². The van der Waals surface area contributed by atoms with Gasteiger partial charge in [0.15, 0.2) is 0 Å². The number of rotatable bonds is 4. The van der Waals surface area contributed by atoms with Gasteiger partial charge in [0.1, 0.15) is 17.9 Å². The number of fused-ring (bicyclic) bond motifs is 2. The number of ether oxygens (including phenoxy) is 1. The minimum absolute atomic E-state index is 0.316. The number of aryl methyl sites for hydroxylation is 2. The smallest absolute Gasteiger partial charge is 0.336 e. The highest BCUT2D eigenvalue weighted by atomic mass is 16.5. The molecule has 4 aromatic rings. The molecule has 3 nitrogen and oxygen atoms in total. The third-order valence-electron chi connectivity index (χ3n) is 4.79. The van der Waals surface area contributed by atoms with Crippen LogP contribution in [-0.2, 0) is 13.0 Å². The molecule has 0 saturated carbocycles. The average Bonchev–Trinajstić information content (AvgIpc) is 2.67. The fraction of sp³-hybridized carbons (Fsp3) is 0.174. The van der Waals surface area contributed by atoms with Gasteiger partial charge in [0.25, 0.3) is 0 Å². The minimum atomic E-state index is -0.316. The van der Waals surface area contributed by atoms with E-state index in [9.17, 15) is 4.79 Å². The van der Waals surface area contributed by atoms with Crippen LogP contribution in [0.3, 0.4) is 0 Å². The molecular formula is C23H20O3. The Hall–Kier alpha value is -3.07. The van der Waals surface area contributed by atoms with Gasteiger partial charge in [0.2, 0.25) is 0 Å². The van der Waals surface area contributed by atoms with Gasteiger partial charge in [-0.2, -0.15) is 0 Å². The lowest BCUT2D eigenvalue weighted by Crippen LogP contribution is -2.02. The van der Waals surface area contributed by atoms with Gasteiger partial charge in [0.05, 0.1) is 0 Å². The van der Waals surface area contributed by atoms with E-state index in [1.807, 2.05) is 38.1 Å². The monoisotopic (exact) mass is 344 g/mol. The van der Waals surface area contributed by atoms with Crippen LogP contribution in [0.4, 0.5) is 0 Å². The molecule has 130 valence electrons. The molecule has 0 amide bonds. The Morgan fingerprint density at radius 3 is 2.58 bits per heavy atom. The predicted octanol–water partition coefficient (Wildman–Crippen LogP) is 5.40. The van der Waals surface area contributed by atoms with Crippen molar-refractivity contribution in [3.05, 3.63) is 87.8 Å². The maximum atomic E-state index is 11.8. The number of benzene rings is 3. The Morgan fingerprint density at radius 2 is 1.77 bits per heavy atom. The molecule has 0 saturated heterocycles. The lowest BCUT2D eigenvalue weighted by molar-refractivity contribution is 0.304. The van der Waals surface area contributed by atoms with Crippen LogP contribution in [0.25, 0.3) is 21.7 Å². The molecule has 3 heteroatoms. The van der Waals surface area contributed by atoms with Crippen molar-refractivity contribution >= 4 is 21.7 Å². The summed E-state index contributed by atoms with van der Waals surface area (Å²) >= 11 is 0. The Bertz CT molecular complexity index is 1160. The molecule has 4 rings (SSSR count). The molecule has 0 spiro atoms. The van der Waals surface area contributed by atoms with Crippen LogP contribution in [0.5, 0.6) is 5.75 Å². The molecule has 3 aromatic carbocycles. The molecule has 0 N–H and O–H groups in total. The molecule has 0 aliphatic rings. The second-order valence-electron chi connectivity index (χ2n) is 6.48. The van der Waals surface area contributed by atoms with Crippen LogP contribution < -0.4 is 10.4 Å². The van der Waals surface area contributed by atoms with Gasteiger partial charge in [-0.1, -0.05) is 43.3 Å². The van der Waals surface area contributed by atoms with Crippen molar-refractivity contribution in [2.24, 2.45) is 0 Å². The summed E-state index contributed by atoms with van der Waals surface area (Å²) in [5.41, 5.74) is 3.26. The quantitative estimate of drug-likeness (QED) is 0.466. The predicted molar refractivity (Wildman–Crippen MR) is 105 cm³/mol. The van der Waals surface area contributed by atoms with Crippen molar-refractivity contribution in [1.29, 1.82) is 0 Å². The van der Waals surface area contributed by atoms with Crippen molar-refractivity contribution in [3.63, 3.8) is 0 Å². The topological polar surface area (TPSA) is 39.4 Å². The summed E-state index contributed by atoms with van der Waals surface area (Å²) in [7, 11) is 0. The first-order valence-electron chi connectivity index (χ1n) is 8.82. The molecule has 0 aliphatic carbocycles. The van der Waals surface area contributed by atoms with Gasteiger partial charge < -0.3 is 9.15 Å². The third-order valence-corrected chi connectivity index (χ3v) is 4.79. The van der Waals surface area contributed by atoms with Crippen LogP contribution in [0.1, 0.15) is 23.6 Å². The lowest BCUT2D eigenvalue weighted by Gasteiger charge is -2.12. The van der Waals surface area contributed by atoms with Crippen molar-refractivity contribution in [2.45, 2.75) is 26.9 Å². The molecule has 0 atom stereocenters. The lowest BCUT2D eigenvalue weighted by atomic mass is 10.0. The van der Waals surface area contributed by atoms with Crippen LogP contribution >= 0.6 is 0 Å². The summed E-state index contributed by atoms with van der Waals surface area (Å²) in [6.45, 7) is 4.43. The van der Waals surface area contributed by atoms with Crippen LogP contribution in [-0.4, -0.2) is 0 Å². The van der Waals surface area contributed by atoms with Gasteiger partial charge >= 0.3 is 5.63 Å². The minimum Gasteiger partial charge on any atom is -0.488 e. The van der Waals surface area contributed by atoms with E-state index < -0.39 is 0 Å². The summed E-state index contributed by atoms with van der Waals surface area (Å²) < 4.78 is 11.5. The zero-order valence-electron chi connectivity index (χ0n) is 14.9. The Morgan fingerprint density at radius 1 is 0.962 bits per heavy atom. The van der Waals surface area contributed by atoms with E-state index in [1.165, 1.54) is 10.8 Å². The zero-order valence-corrected chi connectivity index (χ0v) is 14.9. The van der Waals surface area contributed by atoms with Crippen LogP contribution in [0.2, 0.25) is 0 Å². The van der Waals surface area contributed by atoms with Crippen LogP contribution in [0, 0.1) is 6.92 Å². The van der Waals surface area contributed by atoms with E-state index in [-0.39, 0.29) is 5.63 Å². The molecule has 0 bridgehead atoms. The Kier molecular flexibility index (Phi) is 4.21. The van der Waals surface area contributed by atoms with Gasteiger partial charge in [0, 0.05) is 17.0 Å². The molecule has 1 heterocycles. The highest BCUT2D eigenvalue weighted by Gasteiger charge is 2.11. The second-order valence-corrected chi connectivity index (χ2v) is 6.48. The summed E-state index contributed by atoms with van der Waals surface area (Å²) in [6.07, 6.45) is 0.791. The van der Waals surface area contributed by atoms with E-state index >= 15 is 0 Å². The second kappa shape index (κ2) is 6.68. The summed E-state index contributed by atoms with van der Waals surface area (Å²) in [4.78, 5) is 11.8.